The van der Waals surface area contributed by atoms with Crippen molar-refractivity contribution in [1.82, 2.24) is 10.3 Å². The predicted molar refractivity (Wildman–Crippen MR) is 136 cm³/mol. The third-order valence-electron chi connectivity index (χ3n) is 4.68. The van der Waals surface area contributed by atoms with Gasteiger partial charge >= 0.3 is 5.97 Å². The molecule has 1 amide bonds. The summed E-state index contributed by atoms with van der Waals surface area (Å²) < 4.78 is 10.3. The first-order chi connectivity index (χ1) is 16.3. The number of methoxy groups -OCH3 is 1. The average molecular weight is 518 g/mol. The number of thiocarbonyl (C=S) groups is 1. The van der Waals surface area contributed by atoms with E-state index in [4.69, 9.17) is 44.9 Å². The molecule has 0 aliphatic carbocycles. The van der Waals surface area contributed by atoms with Gasteiger partial charge in [-0.2, -0.15) is 0 Å². The minimum absolute atomic E-state index is 0.121. The zero-order valence-electron chi connectivity index (χ0n) is 18.4. The van der Waals surface area contributed by atoms with E-state index in [1.165, 1.54) is 19.2 Å². The minimum Gasteiger partial charge on any atom is -0.494 e. The van der Waals surface area contributed by atoms with Crippen molar-refractivity contribution in [1.29, 1.82) is 0 Å². The Morgan fingerprint density at radius 3 is 2.50 bits per heavy atom. The smallest absolute Gasteiger partial charge is 0.338 e. The molecule has 0 fully saturated rings. The Kier molecular flexibility index (Phi) is 8.81. The van der Waals surface area contributed by atoms with Crippen molar-refractivity contribution in [2.45, 2.75) is 13.5 Å². The van der Waals surface area contributed by atoms with Crippen LogP contribution in [0.3, 0.4) is 0 Å². The summed E-state index contributed by atoms with van der Waals surface area (Å²) in [5, 5.41) is 3.32. The number of aromatic nitrogens is 1. The Morgan fingerprint density at radius 1 is 1.15 bits per heavy atom. The van der Waals surface area contributed by atoms with E-state index < -0.39 is 11.9 Å². The minimum atomic E-state index is -0.536. The maximum absolute atomic E-state index is 13.0. The second-order valence-corrected chi connectivity index (χ2v) is 8.17. The zero-order valence-corrected chi connectivity index (χ0v) is 20.7. The van der Waals surface area contributed by atoms with Gasteiger partial charge in [0.25, 0.3) is 5.91 Å². The summed E-state index contributed by atoms with van der Waals surface area (Å²) in [5.41, 5.74) is 2.05. The third kappa shape index (κ3) is 6.22. The van der Waals surface area contributed by atoms with Gasteiger partial charge in [0.2, 0.25) is 0 Å². The van der Waals surface area contributed by atoms with Gasteiger partial charge in [0, 0.05) is 23.1 Å². The number of pyridine rings is 1. The normalized spacial score (nSPS) is 10.4. The fourth-order valence-electron chi connectivity index (χ4n) is 3.11. The molecule has 0 saturated carbocycles. The molecule has 1 N–H and O–H groups in total. The molecule has 0 bridgehead atoms. The van der Waals surface area contributed by atoms with Gasteiger partial charge in [0.15, 0.2) is 5.11 Å². The van der Waals surface area contributed by atoms with Crippen LogP contribution in [-0.2, 0) is 11.3 Å². The van der Waals surface area contributed by atoms with Crippen LogP contribution in [0, 0.1) is 0 Å². The lowest BCUT2D eigenvalue weighted by Crippen LogP contribution is -2.42. The van der Waals surface area contributed by atoms with Crippen molar-refractivity contribution in [3.63, 3.8) is 0 Å². The van der Waals surface area contributed by atoms with Gasteiger partial charge in [-0.3, -0.25) is 15.1 Å². The summed E-state index contributed by atoms with van der Waals surface area (Å²) in [6, 6.07) is 13.3. The number of hydrogen-bond acceptors (Lipinski definition) is 6. The van der Waals surface area contributed by atoms with Gasteiger partial charge < -0.3 is 14.4 Å². The van der Waals surface area contributed by atoms with Crippen LogP contribution in [0.2, 0.25) is 10.0 Å². The first-order valence-electron chi connectivity index (χ1n) is 10.2. The van der Waals surface area contributed by atoms with Gasteiger partial charge in [0.1, 0.15) is 5.75 Å². The van der Waals surface area contributed by atoms with E-state index in [0.717, 1.165) is 5.56 Å². The lowest BCUT2D eigenvalue weighted by Gasteiger charge is -2.26. The summed E-state index contributed by atoms with van der Waals surface area (Å²) in [7, 11) is 1.41. The van der Waals surface area contributed by atoms with E-state index in [-0.39, 0.29) is 33.1 Å². The van der Waals surface area contributed by atoms with Gasteiger partial charge in [-0.15, -0.1) is 0 Å². The maximum atomic E-state index is 13.0. The highest BCUT2D eigenvalue weighted by Gasteiger charge is 2.21. The van der Waals surface area contributed by atoms with E-state index in [1.807, 2.05) is 6.07 Å². The Balaban J connectivity index is 1.90. The highest BCUT2D eigenvalue weighted by atomic mass is 35.5. The van der Waals surface area contributed by atoms with Gasteiger partial charge in [-0.25, -0.2) is 4.79 Å². The number of carbonyl (C=O) groups excluding carboxylic acids is 2. The van der Waals surface area contributed by atoms with Crippen molar-refractivity contribution in [3.8, 4) is 5.75 Å². The topological polar surface area (TPSA) is 80.8 Å². The lowest BCUT2D eigenvalue weighted by atomic mass is 10.1. The van der Waals surface area contributed by atoms with E-state index >= 15 is 0 Å². The molecule has 10 heteroatoms. The van der Waals surface area contributed by atoms with Crippen LogP contribution >= 0.6 is 35.4 Å². The molecular formula is C24H21Cl2N3O4S. The van der Waals surface area contributed by atoms with Crippen molar-refractivity contribution in [2.75, 3.05) is 18.6 Å². The number of hydrogen-bond donors (Lipinski definition) is 1. The number of amides is 1. The molecule has 0 saturated heterocycles. The summed E-state index contributed by atoms with van der Waals surface area (Å²) in [5.74, 6) is -0.775. The Bertz CT molecular complexity index is 1190. The summed E-state index contributed by atoms with van der Waals surface area (Å²) >= 11 is 17.8. The number of halogens is 2. The molecule has 7 nitrogen and oxygen atoms in total. The molecule has 0 unspecified atom stereocenters. The molecule has 0 spiro atoms. The predicted octanol–water partition coefficient (Wildman–Crippen LogP) is 5.30. The molecule has 176 valence electrons. The van der Waals surface area contributed by atoms with Gasteiger partial charge in [-0.1, -0.05) is 29.3 Å². The van der Waals surface area contributed by atoms with E-state index in [0.29, 0.717) is 17.8 Å². The molecule has 1 heterocycles. The van der Waals surface area contributed by atoms with Crippen molar-refractivity contribution >= 4 is 58.1 Å². The van der Waals surface area contributed by atoms with Crippen molar-refractivity contribution in [2.24, 2.45) is 0 Å². The van der Waals surface area contributed by atoms with Crippen molar-refractivity contribution < 1.29 is 19.1 Å². The van der Waals surface area contributed by atoms with E-state index in [1.54, 1.807) is 54.5 Å². The number of rotatable bonds is 7. The van der Waals surface area contributed by atoms with Crippen molar-refractivity contribution in [3.05, 3.63) is 87.7 Å². The summed E-state index contributed by atoms with van der Waals surface area (Å²) in [6.07, 6.45) is 3.36. The van der Waals surface area contributed by atoms with Crippen LogP contribution in [0.25, 0.3) is 0 Å². The van der Waals surface area contributed by atoms with Gasteiger partial charge in [0.05, 0.1) is 36.4 Å². The molecule has 0 aliphatic heterocycles. The first-order valence-corrected chi connectivity index (χ1v) is 11.3. The van der Waals surface area contributed by atoms with Crippen LogP contribution in [0.4, 0.5) is 5.69 Å². The number of esters is 1. The zero-order chi connectivity index (χ0) is 24.7. The van der Waals surface area contributed by atoms with Crippen LogP contribution < -0.4 is 15.0 Å². The molecule has 0 radical (unpaired) electrons. The van der Waals surface area contributed by atoms with Crippen LogP contribution in [-0.4, -0.2) is 35.7 Å². The highest BCUT2D eigenvalue weighted by molar-refractivity contribution is 7.80. The number of carbonyl (C=O) groups is 2. The largest absolute Gasteiger partial charge is 0.494 e. The van der Waals surface area contributed by atoms with E-state index in [9.17, 15) is 9.59 Å². The van der Waals surface area contributed by atoms with Crippen LogP contribution in [0.1, 0.15) is 33.2 Å². The molecule has 3 rings (SSSR count). The fraction of sp³-hybridized carbons (Fsp3) is 0.167. The number of nitrogens with zero attached hydrogens (tertiary/aromatic N) is 2. The third-order valence-corrected chi connectivity index (χ3v) is 5.50. The fourth-order valence-corrected chi connectivity index (χ4v) is 3.95. The Hall–Kier alpha value is -3.20. The molecule has 0 aliphatic rings. The first kappa shape index (κ1) is 25.4. The number of anilines is 1. The molecule has 2 aromatic carbocycles. The second-order valence-electron chi connectivity index (χ2n) is 6.94. The lowest BCUT2D eigenvalue weighted by molar-refractivity contribution is 0.0526. The SMILES string of the molecule is CCOC(=O)c1ccc(N(Cc2cccnc2)C(=S)NC(=O)c2cc(Cl)cc(Cl)c2OC)cc1. The molecule has 34 heavy (non-hydrogen) atoms. The standard InChI is InChI=1S/C24H21Cl2N3O4S/c1-3-33-23(31)16-6-8-18(9-7-16)29(14-15-5-4-10-27-13-15)24(34)28-22(30)19-11-17(25)12-20(26)21(19)32-2/h4-13H,3,14H2,1-2H3,(H,28,30,34). The van der Waals surface area contributed by atoms with Gasteiger partial charge in [-0.05, 0) is 67.2 Å². The monoisotopic (exact) mass is 517 g/mol. The molecule has 1 aromatic heterocycles. The molecular weight excluding hydrogens is 497 g/mol. The van der Waals surface area contributed by atoms with Crippen LogP contribution in [0.15, 0.2) is 60.9 Å². The maximum Gasteiger partial charge on any atom is 0.338 e. The Morgan fingerprint density at radius 2 is 1.88 bits per heavy atom. The summed E-state index contributed by atoms with van der Waals surface area (Å²) in [4.78, 5) is 30.9. The second kappa shape index (κ2) is 11.8. The molecule has 3 aromatic rings. The molecule has 0 atom stereocenters. The highest BCUT2D eigenvalue weighted by Crippen LogP contribution is 2.32. The number of nitrogens with one attached hydrogen (secondary N) is 1. The Labute approximate surface area is 212 Å². The number of benzene rings is 2. The average Bonchev–Trinajstić information content (AvgIpc) is 2.83. The quantitative estimate of drug-likeness (QED) is 0.336. The number of ether oxygens (including phenoxy) is 2. The van der Waals surface area contributed by atoms with Crippen LogP contribution in [0.5, 0.6) is 5.75 Å². The van der Waals surface area contributed by atoms with E-state index in [2.05, 4.69) is 10.3 Å². The summed E-state index contributed by atoms with van der Waals surface area (Å²) in [6.45, 7) is 2.34.